The van der Waals surface area contributed by atoms with Crippen molar-refractivity contribution in [3.05, 3.63) is 64.6 Å². The van der Waals surface area contributed by atoms with Gasteiger partial charge in [-0.2, -0.15) is 17.5 Å². The van der Waals surface area contributed by atoms with Crippen molar-refractivity contribution in [2.24, 2.45) is 4.36 Å². The van der Waals surface area contributed by atoms with Crippen molar-refractivity contribution >= 4 is 32.5 Å². The third-order valence-electron chi connectivity index (χ3n) is 2.45. The van der Waals surface area contributed by atoms with Gasteiger partial charge in [0.25, 0.3) is 5.91 Å². The average Bonchev–Trinajstić information content (AvgIpc) is 2.45. The summed E-state index contributed by atoms with van der Waals surface area (Å²) >= 11 is 3.19. The van der Waals surface area contributed by atoms with E-state index in [0.29, 0.717) is 0 Å². The van der Waals surface area contributed by atoms with Gasteiger partial charge >= 0.3 is 5.51 Å². The first kappa shape index (κ1) is 15.9. The fraction of sp³-hybridized carbons (Fsp3) is 0.0714. The van der Waals surface area contributed by atoms with Gasteiger partial charge in [-0.05, 0) is 36.4 Å². The number of alkyl halides is 3. The summed E-state index contributed by atoms with van der Waals surface area (Å²) in [7, 11) is -2.48. The van der Waals surface area contributed by atoms with Gasteiger partial charge in [0.05, 0.1) is 0 Å². The molecule has 2 nitrogen and oxygen atoms in total. The van der Waals surface area contributed by atoms with Crippen molar-refractivity contribution in [2.75, 3.05) is 0 Å². The zero-order valence-electron chi connectivity index (χ0n) is 10.5. The molecule has 2 aromatic rings. The van der Waals surface area contributed by atoms with Crippen LogP contribution in [0.25, 0.3) is 0 Å². The molecule has 0 aromatic heterocycles. The van der Waals surface area contributed by atoms with Crippen LogP contribution in [-0.4, -0.2) is 11.4 Å². The Kier molecular flexibility index (Phi) is 4.95. The van der Waals surface area contributed by atoms with Crippen molar-refractivity contribution < 1.29 is 18.0 Å². The third-order valence-corrected chi connectivity index (χ3v) is 4.49. The largest absolute Gasteiger partial charge is 0.457 e. The molecule has 110 valence electrons. The molecule has 2 aromatic carbocycles. The topological polar surface area (TPSA) is 29.4 Å². The van der Waals surface area contributed by atoms with E-state index >= 15 is 0 Å². The Hall–Kier alpha value is -1.47. The number of carbonyl (C=O) groups excluding carboxylic acids is 1. The molecule has 0 heterocycles. The summed E-state index contributed by atoms with van der Waals surface area (Å²) in [5, 5.41) is 0. The predicted octanol–water partition coefficient (Wildman–Crippen LogP) is 4.97. The fourth-order valence-corrected chi connectivity index (χ4v) is 2.94. The van der Waals surface area contributed by atoms with Gasteiger partial charge in [0.2, 0.25) is 0 Å². The molecule has 0 saturated heterocycles. The standard InChI is InChI=1S/C14H9BrF3NOS/c15-11-8-6-10(7-9-11)13(20)19-21(14(16,17)18)12-4-2-1-3-5-12/h1-9H. The second-order valence-electron chi connectivity index (χ2n) is 3.95. The quantitative estimate of drug-likeness (QED) is 0.728. The lowest BCUT2D eigenvalue weighted by atomic mass is 10.2. The van der Waals surface area contributed by atoms with E-state index in [4.69, 9.17) is 0 Å². The Bertz CT molecular complexity index is 669. The highest BCUT2D eigenvalue weighted by atomic mass is 79.9. The van der Waals surface area contributed by atoms with Crippen molar-refractivity contribution in [3.8, 4) is 0 Å². The van der Waals surface area contributed by atoms with Crippen molar-refractivity contribution in [1.29, 1.82) is 0 Å². The van der Waals surface area contributed by atoms with E-state index in [0.717, 1.165) is 4.47 Å². The van der Waals surface area contributed by atoms with Crippen LogP contribution in [0.2, 0.25) is 0 Å². The van der Waals surface area contributed by atoms with E-state index in [1.165, 1.54) is 36.4 Å². The van der Waals surface area contributed by atoms with E-state index in [-0.39, 0.29) is 10.5 Å². The molecule has 0 saturated carbocycles. The Morgan fingerprint density at radius 2 is 1.57 bits per heavy atom. The maximum Gasteiger partial charge on any atom is 0.457 e. The van der Waals surface area contributed by atoms with Crippen LogP contribution < -0.4 is 0 Å². The van der Waals surface area contributed by atoms with Crippen molar-refractivity contribution in [1.82, 2.24) is 0 Å². The summed E-state index contributed by atoms with van der Waals surface area (Å²) in [6.07, 6.45) is 0. The van der Waals surface area contributed by atoms with Gasteiger partial charge in [-0.1, -0.05) is 34.1 Å². The zero-order valence-corrected chi connectivity index (χ0v) is 12.9. The molecule has 1 atom stereocenters. The summed E-state index contributed by atoms with van der Waals surface area (Å²) in [6.45, 7) is 0. The molecule has 0 aliphatic carbocycles. The Morgan fingerprint density at radius 3 is 2.10 bits per heavy atom. The summed E-state index contributed by atoms with van der Waals surface area (Å²) in [5.74, 6) is -0.882. The summed E-state index contributed by atoms with van der Waals surface area (Å²) in [6, 6.07) is 13.2. The number of carbonyl (C=O) groups is 1. The van der Waals surface area contributed by atoms with E-state index in [2.05, 4.69) is 20.3 Å². The smallest absolute Gasteiger partial charge is 0.266 e. The van der Waals surface area contributed by atoms with Gasteiger partial charge in [-0.15, -0.1) is 0 Å². The summed E-state index contributed by atoms with van der Waals surface area (Å²) < 4.78 is 43.4. The fourth-order valence-electron chi connectivity index (χ4n) is 1.52. The number of hydrogen-bond donors (Lipinski definition) is 0. The number of benzene rings is 2. The van der Waals surface area contributed by atoms with Gasteiger partial charge in [0.15, 0.2) is 0 Å². The first-order chi connectivity index (χ1) is 9.88. The van der Waals surface area contributed by atoms with Crippen LogP contribution in [0.5, 0.6) is 0 Å². The van der Waals surface area contributed by atoms with Gasteiger partial charge in [0.1, 0.15) is 0 Å². The van der Waals surface area contributed by atoms with Crippen LogP contribution in [-0.2, 0) is 10.7 Å². The van der Waals surface area contributed by atoms with E-state index in [9.17, 15) is 18.0 Å². The molecule has 0 spiro atoms. The molecule has 2 rings (SSSR count). The molecule has 0 aliphatic rings. The van der Waals surface area contributed by atoms with E-state index < -0.39 is 22.1 Å². The predicted molar refractivity (Wildman–Crippen MR) is 79.0 cm³/mol. The van der Waals surface area contributed by atoms with Crippen LogP contribution in [0.3, 0.4) is 0 Å². The minimum atomic E-state index is -4.59. The number of halogens is 4. The third kappa shape index (κ3) is 4.25. The number of rotatable bonds is 2. The zero-order chi connectivity index (χ0) is 15.5. The maximum atomic E-state index is 13.1. The normalized spacial score (nSPS) is 13.1. The number of amides is 1. The molecule has 0 aliphatic heterocycles. The van der Waals surface area contributed by atoms with Gasteiger partial charge < -0.3 is 0 Å². The monoisotopic (exact) mass is 375 g/mol. The highest BCUT2D eigenvalue weighted by Crippen LogP contribution is 2.29. The van der Waals surface area contributed by atoms with Crippen LogP contribution in [0.15, 0.2) is 68.3 Å². The SMILES string of the molecule is O=C(N=S(c1ccccc1)C(F)(F)F)c1ccc(Br)cc1. The second kappa shape index (κ2) is 6.53. The molecular weight excluding hydrogens is 367 g/mol. The molecule has 1 amide bonds. The Balaban J connectivity index is 2.42. The number of nitrogens with zero attached hydrogens (tertiary/aromatic N) is 1. The van der Waals surface area contributed by atoms with E-state index in [1.807, 2.05) is 0 Å². The van der Waals surface area contributed by atoms with Crippen LogP contribution >= 0.6 is 15.9 Å². The molecule has 7 heteroatoms. The molecule has 0 N–H and O–H groups in total. The van der Waals surface area contributed by atoms with Crippen LogP contribution in [0.1, 0.15) is 10.4 Å². The van der Waals surface area contributed by atoms with Crippen LogP contribution in [0, 0.1) is 0 Å². The molecule has 0 bridgehead atoms. The maximum absolute atomic E-state index is 13.1. The Labute approximate surface area is 130 Å². The van der Waals surface area contributed by atoms with Crippen molar-refractivity contribution in [3.63, 3.8) is 0 Å². The van der Waals surface area contributed by atoms with Gasteiger partial charge in [-0.25, -0.2) is 0 Å². The highest BCUT2D eigenvalue weighted by molar-refractivity contribution is 9.10. The summed E-state index contributed by atoms with van der Waals surface area (Å²) in [5.41, 5.74) is -4.47. The van der Waals surface area contributed by atoms with Gasteiger partial charge in [0, 0.05) is 25.6 Å². The van der Waals surface area contributed by atoms with Crippen LogP contribution in [0.4, 0.5) is 13.2 Å². The van der Waals surface area contributed by atoms with Crippen molar-refractivity contribution in [2.45, 2.75) is 10.4 Å². The Morgan fingerprint density at radius 1 is 1.00 bits per heavy atom. The van der Waals surface area contributed by atoms with E-state index in [1.54, 1.807) is 18.2 Å². The number of hydrogen-bond acceptors (Lipinski definition) is 1. The minimum Gasteiger partial charge on any atom is -0.266 e. The lowest BCUT2D eigenvalue weighted by Crippen LogP contribution is -2.17. The van der Waals surface area contributed by atoms with Gasteiger partial charge in [-0.3, -0.25) is 4.79 Å². The second-order valence-corrected chi connectivity index (χ2v) is 6.55. The minimum absolute atomic E-state index is 0.0320. The molecule has 1 unspecified atom stereocenters. The molecule has 21 heavy (non-hydrogen) atoms. The summed E-state index contributed by atoms with van der Waals surface area (Å²) in [4.78, 5) is 11.9. The lowest BCUT2D eigenvalue weighted by molar-refractivity contribution is -0.0357. The average molecular weight is 376 g/mol. The molecule has 0 fully saturated rings. The molecule has 0 radical (unpaired) electrons. The highest BCUT2D eigenvalue weighted by Gasteiger charge is 2.36. The molecular formula is C14H9BrF3NOS. The first-order valence-corrected chi connectivity index (χ1v) is 7.73. The first-order valence-electron chi connectivity index (χ1n) is 5.76. The lowest BCUT2D eigenvalue weighted by Gasteiger charge is -2.11.